The second kappa shape index (κ2) is 8.47. The van der Waals surface area contributed by atoms with Crippen molar-refractivity contribution in [2.45, 2.75) is 56.6 Å². The SMILES string of the molecule is Cc1ccc(SCC(NS(=O)(=O)c2c(C)cc(C)cc2C)C(F)(F)F)c(C)c1. The third-order valence-electron chi connectivity index (χ3n) is 4.30. The van der Waals surface area contributed by atoms with Crippen molar-refractivity contribution in [3.8, 4) is 0 Å². The van der Waals surface area contributed by atoms with Gasteiger partial charge in [-0.05, 0) is 57.4 Å². The molecule has 2 rings (SSSR count). The van der Waals surface area contributed by atoms with Gasteiger partial charge in [0.2, 0.25) is 10.0 Å². The quantitative estimate of drug-likeness (QED) is 0.637. The van der Waals surface area contributed by atoms with Gasteiger partial charge in [0.25, 0.3) is 0 Å². The Morgan fingerprint density at radius 2 is 1.46 bits per heavy atom. The van der Waals surface area contributed by atoms with Gasteiger partial charge in [0, 0.05) is 10.6 Å². The number of halogens is 3. The fourth-order valence-corrected chi connectivity index (χ4v) is 6.02. The summed E-state index contributed by atoms with van der Waals surface area (Å²) in [4.78, 5) is 0.602. The monoisotopic (exact) mass is 431 g/mol. The van der Waals surface area contributed by atoms with Gasteiger partial charge in [-0.1, -0.05) is 35.4 Å². The Balaban J connectivity index is 2.29. The zero-order valence-electron chi connectivity index (χ0n) is 16.4. The third kappa shape index (κ3) is 5.52. The Kier molecular flexibility index (Phi) is 6.89. The van der Waals surface area contributed by atoms with Gasteiger partial charge in [-0.25, -0.2) is 8.42 Å². The van der Waals surface area contributed by atoms with Gasteiger partial charge in [0.15, 0.2) is 0 Å². The van der Waals surface area contributed by atoms with Crippen LogP contribution in [0, 0.1) is 34.6 Å². The highest BCUT2D eigenvalue weighted by molar-refractivity contribution is 7.99. The first-order valence-corrected chi connectivity index (χ1v) is 11.1. The van der Waals surface area contributed by atoms with E-state index in [0.717, 1.165) is 28.5 Å². The minimum atomic E-state index is -4.70. The average Bonchev–Trinajstić information content (AvgIpc) is 2.50. The molecule has 0 aliphatic heterocycles. The van der Waals surface area contributed by atoms with Crippen molar-refractivity contribution in [2.75, 3.05) is 5.75 Å². The molecule has 0 saturated carbocycles. The minimum Gasteiger partial charge on any atom is -0.207 e. The van der Waals surface area contributed by atoms with E-state index >= 15 is 0 Å². The van der Waals surface area contributed by atoms with Crippen LogP contribution in [0.15, 0.2) is 40.1 Å². The molecule has 0 spiro atoms. The van der Waals surface area contributed by atoms with Crippen molar-refractivity contribution in [3.05, 3.63) is 58.1 Å². The molecule has 2 aromatic carbocycles. The number of benzene rings is 2. The van der Waals surface area contributed by atoms with Crippen molar-refractivity contribution in [1.29, 1.82) is 0 Å². The maximum Gasteiger partial charge on any atom is 0.405 e. The summed E-state index contributed by atoms with van der Waals surface area (Å²) >= 11 is 0.991. The number of hydrogen-bond donors (Lipinski definition) is 1. The summed E-state index contributed by atoms with van der Waals surface area (Å²) in [5, 5.41) is 0. The van der Waals surface area contributed by atoms with Crippen molar-refractivity contribution in [3.63, 3.8) is 0 Å². The van der Waals surface area contributed by atoms with E-state index in [4.69, 9.17) is 0 Å². The molecule has 0 amide bonds. The zero-order chi connectivity index (χ0) is 21.3. The average molecular weight is 432 g/mol. The molecule has 1 unspecified atom stereocenters. The second-order valence-corrected chi connectivity index (χ2v) is 9.74. The first kappa shape index (κ1) is 22.8. The number of thioether (sulfide) groups is 1. The normalized spacial score (nSPS) is 13.6. The molecular formula is C20H24F3NO2S2. The molecular weight excluding hydrogens is 407 g/mol. The molecule has 1 N–H and O–H groups in total. The van der Waals surface area contributed by atoms with E-state index in [-0.39, 0.29) is 4.90 Å². The van der Waals surface area contributed by atoms with E-state index in [1.807, 2.05) is 37.6 Å². The molecule has 1 atom stereocenters. The van der Waals surface area contributed by atoms with Gasteiger partial charge in [-0.3, -0.25) is 0 Å². The zero-order valence-corrected chi connectivity index (χ0v) is 18.1. The van der Waals surface area contributed by atoms with Crippen LogP contribution in [-0.2, 0) is 10.0 Å². The van der Waals surface area contributed by atoms with Crippen LogP contribution in [0.5, 0.6) is 0 Å². The van der Waals surface area contributed by atoms with E-state index in [2.05, 4.69) is 0 Å². The predicted molar refractivity (Wildman–Crippen MR) is 107 cm³/mol. The lowest BCUT2D eigenvalue weighted by atomic mass is 10.1. The molecule has 0 bridgehead atoms. The molecule has 0 aliphatic carbocycles. The largest absolute Gasteiger partial charge is 0.405 e. The van der Waals surface area contributed by atoms with E-state index < -0.39 is 28.0 Å². The van der Waals surface area contributed by atoms with Crippen LogP contribution in [0.1, 0.15) is 27.8 Å². The Morgan fingerprint density at radius 1 is 0.929 bits per heavy atom. The van der Waals surface area contributed by atoms with Gasteiger partial charge >= 0.3 is 6.18 Å². The Morgan fingerprint density at radius 3 is 1.96 bits per heavy atom. The number of sulfonamides is 1. The van der Waals surface area contributed by atoms with Gasteiger partial charge < -0.3 is 0 Å². The van der Waals surface area contributed by atoms with Gasteiger partial charge in [-0.2, -0.15) is 17.9 Å². The second-order valence-electron chi connectivity index (χ2n) is 7.02. The first-order chi connectivity index (χ1) is 12.8. The summed E-state index contributed by atoms with van der Waals surface area (Å²) in [5.74, 6) is -0.448. The van der Waals surface area contributed by atoms with E-state index in [1.54, 1.807) is 32.0 Å². The minimum absolute atomic E-state index is 0.0936. The van der Waals surface area contributed by atoms with Gasteiger partial charge in [0.05, 0.1) is 4.90 Å². The molecule has 154 valence electrons. The highest BCUT2D eigenvalue weighted by atomic mass is 32.2. The van der Waals surface area contributed by atoms with Crippen LogP contribution in [0.2, 0.25) is 0 Å². The van der Waals surface area contributed by atoms with Crippen molar-refractivity contribution in [2.24, 2.45) is 0 Å². The van der Waals surface area contributed by atoms with Crippen LogP contribution >= 0.6 is 11.8 Å². The number of hydrogen-bond acceptors (Lipinski definition) is 3. The lowest BCUT2D eigenvalue weighted by molar-refractivity contribution is -0.145. The van der Waals surface area contributed by atoms with E-state index in [0.29, 0.717) is 16.0 Å². The Bertz CT molecular complexity index is 947. The van der Waals surface area contributed by atoms with Crippen LogP contribution in [-0.4, -0.2) is 26.4 Å². The number of alkyl halides is 3. The fraction of sp³-hybridized carbons (Fsp3) is 0.400. The molecule has 0 saturated heterocycles. The van der Waals surface area contributed by atoms with Crippen LogP contribution in [0.3, 0.4) is 0 Å². The molecule has 0 fully saturated rings. The Labute approximate surface area is 168 Å². The maximum atomic E-state index is 13.6. The van der Waals surface area contributed by atoms with Crippen molar-refractivity contribution < 1.29 is 21.6 Å². The van der Waals surface area contributed by atoms with Crippen molar-refractivity contribution in [1.82, 2.24) is 4.72 Å². The molecule has 3 nitrogen and oxygen atoms in total. The van der Waals surface area contributed by atoms with Gasteiger partial charge in [-0.15, -0.1) is 11.8 Å². The smallest absolute Gasteiger partial charge is 0.207 e. The fourth-order valence-electron chi connectivity index (χ4n) is 3.17. The van der Waals surface area contributed by atoms with Crippen LogP contribution < -0.4 is 4.72 Å². The van der Waals surface area contributed by atoms with E-state index in [9.17, 15) is 21.6 Å². The van der Waals surface area contributed by atoms with Gasteiger partial charge in [0.1, 0.15) is 6.04 Å². The third-order valence-corrected chi connectivity index (χ3v) is 7.35. The maximum absolute atomic E-state index is 13.6. The number of rotatable bonds is 6. The molecule has 0 aliphatic rings. The predicted octanol–water partition coefficient (Wildman–Crippen LogP) is 5.23. The standard InChI is InChI=1S/C20H24F3NO2S2/c1-12-6-7-17(14(3)8-12)27-11-18(20(21,22)23)24-28(25,26)19-15(4)9-13(2)10-16(19)5/h6-10,18,24H,11H2,1-5H3. The highest BCUT2D eigenvalue weighted by Gasteiger charge is 2.42. The van der Waals surface area contributed by atoms with Crippen LogP contribution in [0.4, 0.5) is 13.2 Å². The molecule has 28 heavy (non-hydrogen) atoms. The summed E-state index contributed by atoms with van der Waals surface area (Å²) in [6.45, 7) is 8.70. The number of aryl methyl sites for hydroxylation is 5. The first-order valence-electron chi connectivity index (χ1n) is 8.68. The summed E-state index contributed by atoms with van der Waals surface area (Å²) < 4.78 is 68.0. The lowest BCUT2D eigenvalue weighted by Gasteiger charge is -2.23. The topological polar surface area (TPSA) is 46.2 Å². The highest BCUT2D eigenvalue weighted by Crippen LogP contribution is 2.31. The molecule has 8 heteroatoms. The van der Waals surface area contributed by atoms with E-state index in [1.165, 1.54) is 0 Å². The summed E-state index contributed by atoms with van der Waals surface area (Å²) in [7, 11) is -4.33. The molecule has 0 aromatic heterocycles. The number of nitrogens with one attached hydrogen (secondary N) is 1. The summed E-state index contributed by atoms with van der Waals surface area (Å²) in [6.07, 6.45) is -4.70. The summed E-state index contributed by atoms with van der Waals surface area (Å²) in [5.41, 5.74) is 3.58. The molecule has 0 radical (unpaired) electrons. The summed E-state index contributed by atoms with van der Waals surface area (Å²) in [6, 6.07) is 6.56. The van der Waals surface area contributed by atoms with Crippen LogP contribution in [0.25, 0.3) is 0 Å². The van der Waals surface area contributed by atoms with Crippen molar-refractivity contribution >= 4 is 21.8 Å². The Hall–Kier alpha value is -1.51. The molecule has 2 aromatic rings. The lowest BCUT2D eigenvalue weighted by Crippen LogP contribution is -2.47. The molecule has 0 heterocycles.